The van der Waals surface area contributed by atoms with Crippen molar-refractivity contribution in [2.75, 3.05) is 33.2 Å². The van der Waals surface area contributed by atoms with Crippen LogP contribution in [0.5, 0.6) is 0 Å². The highest BCUT2D eigenvalue weighted by Gasteiger charge is 2.39. The van der Waals surface area contributed by atoms with Crippen molar-refractivity contribution in [3.8, 4) is 0 Å². The summed E-state index contributed by atoms with van der Waals surface area (Å²) in [6.07, 6.45) is -8.19. The zero-order valence-electron chi connectivity index (χ0n) is 24.2. The van der Waals surface area contributed by atoms with E-state index in [0.29, 0.717) is 18.7 Å². The second-order valence-corrected chi connectivity index (χ2v) is 11.0. The minimum Gasteiger partial charge on any atom is -0.361 e. The minimum absolute atomic E-state index is 0. The molecule has 0 radical (unpaired) electrons. The summed E-state index contributed by atoms with van der Waals surface area (Å²) >= 11 is 0. The van der Waals surface area contributed by atoms with Gasteiger partial charge in [0.25, 0.3) is 5.91 Å². The van der Waals surface area contributed by atoms with Crippen LogP contribution in [0.15, 0.2) is 79.0 Å². The maximum atomic E-state index is 13.7. The van der Waals surface area contributed by atoms with E-state index < -0.39 is 41.0 Å². The molecule has 6 nitrogen and oxygen atoms in total. The summed E-state index contributed by atoms with van der Waals surface area (Å²) < 4.78 is 81.3. The summed E-state index contributed by atoms with van der Waals surface area (Å²) in [5.74, 6) is -1.15. The Labute approximate surface area is 262 Å². The molecule has 0 unspecified atom stereocenters. The third-order valence-electron chi connectivity index (χ3n) is 7.76. The van der Waals surface area contributed by atoms with Gasteiger partial charge < -0.3 is 14.8 Å². The standard InChI is InChI=1S/C32H30F6N4O2.ClH/c1-40(18-21-7-3-2-4-8-21)20-29(43)41-11-12-42(26(19-41)15-23-17-39-28-10-6-5-9-27(23)28)30(44)22-13-24(31(33,34)35)16-25(14-22)32(36,37)38;/h2-10,13-14,16-17,26,39H,11-12,15,18-20H2,1H3;1H/t26-;/m1./s1. The van der Waals surface area contributed by atoms with Crippen molar-refractivity contribution in [1.82, 2.24) is 19.7 Å². The fraction of sp³-hybridized carbons (Fsp3) is 0.312. The number of piperazine rings is 1. The SMILES string of the molecule is CN(CC(=O)N1CCN(C(=O)c2cc(C(F)(F)F)cc(C(F)(F)F)c2)[C@H](Cc2c[nH]c3ccccc23)C1)Cc1ccccc1.Cl. The molecular formula is C32H31ClF6N4O2. The Balaban J connectivity index is 0.00000461. The van der Waals surface area contributed by atoms with Crippen LogP contribution in [0.4, 0.5) is 26.3 Å². The molecule has 240 valence electrons. The lowest BCUT2D eigenvalue weighted by Crippen LogP contribution is -2.58. The average molecular weight is 653 g/mol. The number of rotatable bonds is 7. The van der Waals surface area contributed by atoms with Gasteiger partial charge in [0.1, 0.15) is 0 Å². The number of fused-ring (bicyclic) bond motifs is 1. The maximum Gasteiger partial charge on any atom is 0.416 e. The molecule has 5 rings (SSSR count). The first-order chi connectivity index (χ1) is 20.8. The number of nitrogens with zero attached hydrogens (tertiary/aromatic N) is 3. The smallest absolute Gasteiger partial charge is 0.361 e. The van der Waals surface area contributed by atoms with E-state index in [9.17, 15) is 35.9 Å². The maximum absolute atomic E-state index is 13.7. The third-order valence-corrected chi connectivity index (χ3v) is 7.76. The van der Waals surface area contributed by atoms with E-state index in [4.69, 9.17) is 0 Å². The normalized spacial score (nSPS) is 15.8. The molecule has 1 saturated heterocycles. The van der Waals surface area contributed by atoms with Crippen LogP contribution >= 0.6 is 12.4 Å². The summed E-state index contributed by atoms with van der Waals surface area (Å²) in [6.45, 7) is 0.706. The molecule has 1 atom stereocenters. The molecule has 1 N–H and O–H groups in total. The van der Waals surface area contributed by atoms with Gasteiger partial charge in [-0.3, -0.25) is 14.5 Å². The fourth-order valence-electron chi connectivity index (χ4n) is 5.60. The molecule has 0 spiro atoms. The zero-order chi connectivity index (χ0) is 31.6. The topological polar surface area (TPSA) is 59.7 Å². The molecule has 0 aliphatic carbocycles. The predicted octanol–water partition coefficient (Wildman–Crippen LogP) is 6.66. The van der Waals surface area contributed by atoms with Crippen LogP contribution in [0.2, 0.25) is 0 Å². The first-order valence-corrected chi connectivity index (χ1v) is 14.0. The molecule has 0 saturated carbocycles. The average Bonchev–Trinajstić information content (AvgIpc) is 3.38. The van der Waals surface area contributed by atoms with Crippen LogP contribution in [0.1, 0.15) is 32.6 Å². The van der Waals surface area contributed by atoms with Gasteiger partial charge in [0, 0.05) is 48.8 Å². The van der Waals surface area contributed by atoms with Gasteiger partial charge in [-0.15, -0.1) is 12.4 Å². The van der Waals surface area contributed by atoms with Crippen LogP contribution in [0.25, 0.3) is 10.9 Å². The first kappa shape index (κ1) is 33.9. The molecule has 1 fully saturated rings. The summed E-state index contributed by atoms with van der Waals surface area (Å²) in [7, 11) is 1.81. The zero-order valence-corrected chi connectivity index (χ0v) is 25.0. The molecule has 4 aromatic rings. The Morgan fingerprint density at radius 2 is 1.51 bits per heavy atom. The molecule has 45 heavy (non-hydrogen) atoms. The van der Waals surface area contributed by atoms with Gasteiger partial charge in [-0.1, -0.05) is 48.5 Å². The molecular weight excluding hydrogens is 622 g/mol. The number of amides is 2. The largest absolute Gasteiger partial charge is 0.416 e. The number of hydrogen-bond acceptors (Lipinski definition) is 3. The monoisotopic (exact) mass is 652 g/mol. The van der Waals surface area contributed by atoms with Crippen LogP contribution in [0.3, 0.4) is 0 Å². The lowest BCUT2D eigenvalue weighted by Gasteiger charge is -2.42. The second kappa shape index (κ2) is 13.5. The van der Waals surface area contributed by atoms with Crippen LogP contribution < -0.4 is 0 Å². The van der Waals surface area contributed by atoms with E-state index in [1.165, 1.54) is 4.90 Å². The van der Waals surface area contributed by atoms with E-state index in [-0.39, 0.29) is 57.0 Å². The number of halogens is 7. The molecule has 2 heterocycles. The number of hydrogen-bond donors (Lipinski definition) is 1. The Morgan fingerprint density at radius 1 is 0.889 bits per heavy atom. The highest BCUT2D eigenvalue weighted by molar-refractivity contribution is 5.95. The number of para-hydroxylation sites is 1. The summed E-state index contributed by atoms with van der Waals surface area (Å²) in [5, 5.41) is 0.865. The van der Waals surface area contributed by atoms with Crippen molar-refractivity contribution in [3.05, 3.63) is 107 Å². The number of aromatic amines is 1. The lowest BCUT2D eigenvalue weighted by molar-refractivity contribution is -0.143. The molecule has 13 heteroatoms. The van der Waals surface area contributed by atoms with Crippen molar-refractivity contribution >= 4 is 35.1 Å². The van der Waals surface area contributed by atoms with E-state index >= 15 is 0 Å². The molecule has 2 amide bonds. The van der Waals surface area contributed by atoms with Crippen LogP contribution in [-0.4, -0.2) is 70.8 Å². The van der Waals surface area contributed by atoms with Gasteiger partial charge in [-0.2, -0.15) is 26.3 Å². The molecule has 0 bridgehead atoms. The molecule has 1 aromatic heterocycles. The lowest BCUT2D eigenvalue weighted by atomic mass is 9.98. The van der Waals surface area contributed by atoms with Gasteiger partial charge in [-0.25, -0.2) is 0 Å². The molecule has 1 aliphatic heterocycles. The van der Waals surface area contributed by atoms with Crippen molar-refractivity contribution in [2.24, 2.45) is 0 Å². The predicted molar refractivity (Wildman–Crippen MR) is 160 cm³/mol. The number of carbonyl (C=O) groups excluding carboxylic acids is 2. The van der Waals surface area contributed by atoms with E-state index in [2.05, 4.69) is 4.98 Å². The Hall–Kier alpha value is -4.03. The Bertz CT molecular complexity index is 1610. The number of likely N-dealkylation sites (N-methyl/N-ethyl adjacent to an activating group) is 1. The highest BCUT2D eigenvalue weighted by Crippen LogP contribution is 2.37. The van der Waals surface area contributed by atoms with E-state index in [1.807, 2.05) is 59.5 Å². The van der Waals surface area contributed by atoms with E-state index in [1.54, 1.807) is 18.1 Å². The van der Waals surface area contributed by atoms with Gasteiger partial charge in [0.05, 0.1) is 23.7 Å². The number of carbonyl (C=O) groups is 2. The number of nitrogens with one attached hydrogen (secondary N) is 1. The van der Waals surface area contributed by atoms with Gasteiger partial charge in [-0.05, 0) is 48.9 Å². The van der Waals surface area contributed by atoms with Crippen molar-refractivity contribution < 1.29 is 35.9 Å². The minimum atomic E-state index is -5.09. The van der Waals surface area contributed by atoms with Crippen molar-refractivity contribution in [3.63, 3.8) is 0 Å². The summed E-state index contributed by atoms with van der Waals surface area (Å²) in [4.78, 5) is 34.9. The molecule has 1 aliphatic rings. The fourth-order valence-corrected chi connectivity index (χ4v) is 5.60. The van der Waals surface area contributed by atoms with Crippen molar-refractivity contribution in [2.45, 2.75) is 31.4 Å². The second-order valence-electron chi connectivity index (χ2n) is 11.0. The van der Waals surface area contributed by atoms with Crippen molar-refractivity contribution in [1.29, 1.82) is 0 Å². The Morgan fingerprint density at radius 3 is 2.16 bits per heavy atom. The van der Waals surface area contributed by atoms with Crippen LogP contribution in [0, 0.1) is 0 Å². The quantitative estimate of drug-likeness (QED) is 0.228. The van der Waals surface area contributed by atoms with Gasteiger partial charge in [0.15, 0.2) is 0 Å². The number of alkyl halides is 6. The highest BCUT2D eigenvalue weighted by atomic mass is 35.5. The summed E-state index contributed by atoms with van der Waals surface area (Å²) in [6, 6.07) is 17.2. The number of H-pyrrole nitrogens is 1. The van der Waals surface area contributed by atoms with Gasteiger partial charge in [0.2, 0.25) is 5.91 Å². The van der Waals surface area contributed by atoms with Gasteiger partial charge >= 0.3 is 12.4 Å². The number of aromatic nitrogens is 1. The number of benzene rings is 3. The molecule has 3 aromatic carbocycles. The van der Waals surface area contributed by atoms with E-state index in [0.717, 1.165) is 22.0 Å². The Kier molecular flexibility index (Phi) is 10.2. The third kappa shape index (κ3) is 7.98. The van der Waals surface area contributed by atoms with Crippen LogP contribution in [-0.2, 0) is 30.1 Å². The first-order valence-electron chi connectivity index (χ1n) is 14.0. The summed E-state index contributed by atoms with van der Waals surface area (Å²) in [5.41, 5.74) is -1.16.